The molecule has 1 aliphatic carbocycles. The highest BCUT2D eigenvalue weighted by Crippen LogP contribution is 2.28. The molecule has 20 heavy (non-hydrogen) atoms. The van der Waals surface area contributed by atoms with Crippen LogP contribution in [0.2, 0.25) is 0 Å². The Bertz CT molecular complexity index is 487. The van der Waals surface area contributed by atoms with Gasteiger partial charge in [0.2, 0.25) is 0 Å². The van der Waals surface area contributed by atoms with Crippen molar-refractivity contribution in [1.29, 1.82) is 0 Å². The Morgan fingerprint density at radius 2 is 2.15 bits per heavy atom. The van der Waals surface area contributed by atoms with Crippen LogP contribution >= 0.6 is 0 Å². The van der Waals surface area contributed by atoms with Crippen LogP contribution in [-0.2, 0) is 0 Å². The van der Waals surface area contributed by atoms with Crippen LogP contribution in [0.5, 0.6) is 5.75 Å². The highest BCUT2D eigenvalue weighted by molar-refractivity contribution is 5.95. The van der Waals surface area contributed by atoms with Crippen molar-refractivity contribution in [2.45, 2.75) is 38.6 Å². The zero-order chi connectivity index (χ0) is 14.7. The van der Waals surface area contributed by atoms with Gasteiger partial charge in [0, 0.05) is 18.7 Å². The average molecular weight is 276 g/mol. The summed E-state index contributed by atoms with van der Waals surface area (Å²) < 4.78 is 5.18. The Morgan fingerprint density at radius 3 is 2.80 bits per heavy atom. The Hall–Kier alpha value is -1.71. The quantitative estimate of drug-likeness (QED) is 0.864. The molecule has 4 nitrogen and oxygen atoms in total. The van der Waals surface area contributed by atoms with Crippen molar-refractivity contribution in [1.82, 2.24) is 4.90 Å². The summed E-state index contributed by atoms with van der Waals surface area (Å²) in [6.07, 6.45) is 4.66. The van der Waals surface area contributed by atoms with Gasteiger partial charge >= 0.3 is 0 Å². The van der Waals surface area contributed by atoms with Crippen LogP contribution in [0.15, 0.2) is 18.2 Å². The lowest BCUT2D eigenvalue weighted by Crippen LogP contribution is -2.39. The second kappa shape index (κ2) is 6.16. The molecule has 0 saturated heterocycles. The SMILES string of the molecule is COc1cc(C(=O)N(C)C2CCCC(C)C2)ccc1N. The summed E-state index contributed by atoms with van der Waals surface area (Å²) in [5.41, 5.74) is 6.98. The van der Waals surface area contributed by atoms with Crippen molar-refractivity contribution in [3.63, 3.8) is 0 Å². The van der Waals surface area contributed by atoms with E-state index in [1.165, 1.54) is 12.8 Å². The lowest BCUT2D eigenvalue weighted by Gasteiger charge is -2.34. The molecule has 0 spiro atoms. The Kier molecular flexibility index (Phi) is 4.53. The van der Waals surface area contributed by atoms with Crippen molar-refractivity contribution in [3.8, 4) is 5.75 Å². The fraction of sp³-hybridized carbons (Fsp3) is 0.562. The molecule has 0 aromatic heterocycles. The summed E-state index contributed by atoms with van der Waals surface area (Å²) >= 11 is 0. The first-order valence-electron chi connectivity index (χ1n) is 7.23. The molecule has 1 amide bonds. The molecule has 110 valence electrons. The number of carbonyl (C=O) groups excluding carboxylic acids is 1. The summed E-state index contributed by atoms with van der Waals surface area (Å²) in [7, 11) is 3.46. The van der Waals surface area contributed by atoms with E-state index in [-0.39, 0.29) is 5.91 Å². The second-order valence-electron chi connectivity index (χ2n) is 5.80. The topological polar surface area (TPSA) is 55.6 Å². The van der Waals surface area contributed by atoms with E-state index in [9.17, 15) is 4.79 Å². The van der Waals surface area contributed by atoms with Crippen molar-refractivity contribution >= 4 is 11.6 Å². The van der Waals surface area contributed by atoms with Gasteiger partial charge < -0.3 is 15.4 Å². The minimum absolute atomic E-state index is 0.0439. The summed E-state index contributed by atoms with van der Waals surface area (Å²) in [6, 6.07) is 5.56. The van der Waals surface area contributed by atoms with Gasteiger partial charge in [-0.2, -0.15) is 0 Å². The molecule has 4 heteroatoms. The van der Waals surface area contributed by atoms with Gasteiger partial charge in [-0.1, -0.05) is 19.8 Å². The third kappa shape index (κ3) is 3.06. The Labute approximate surface area is 120 Å². The maximum Gasteiger partial charge on any atom is 0.253 e. The van der Waals surface area contributed by atoms with E-state index in [2.05, 4.69) is 6.92 Å². The van der Waals surface area contributed by atoms with Crippen LogP contribution < -0.4 is 10.5 Å². The number of benzene rings is 1. The molecule has 1 saturated carbocycles. The highest BCUT2D eigenvalue weighted by Gasteiger charge is 2.26. The van der Waals surface area contributed by atoms with E-state index in [1.54, 1.807) is 25.3 Å². The van der Waals surface area contributed by atoms with Gasteiger partial charge in [-0.15, -0.1) is 0 Å². The number of amides is 1. The Balaban J connectivity index is 2.13. The fourth-order valence-corrected chi connectivity index (χ4v) is 2.97. The van der Waals surface area contributed by atoms with E-state index in [0.717, 1.165) is 12.8 Å². The van der Waals surface area contributed by atoms with E-state index in [0.29, 0.717) is 29.0 Å². The molecular weight excluding hydrogens is 252 g/mol. The molecule has 1 aromatic rings. The standard InChI is InChI=1S/C16H24N2O2/c1-11-5-4-6-13(9-11)18(2)16(19)12-7-8-14(17)15(10-12)20-3/h7-8,10-11,13H,4-6,9,17H2,1-3H3. The smallest absolute Gasteiger partial charge is 0.253 e. The lowest BCUT2D eigenvalue weighted by atomic mass is 9.86. The van der Waals surface area contributed by atoms with Crippen LogP contribution in [0.3, 0.4) is 0 Å². The molecule has 2 N–H and O–H groups in total. The first-order chi connectivity index (χ1) is 9.52. The average Bonchev–Trinajstić information content (AvgIpc) is 2.46. The van der Waals surface area contributed by atoms with Gasteiger partial charge in [0.05, 0.1) is 12.8 Å². The van der Waals surface area contributed by atoms with Gasteiger partial charge in [0.15, 0.2) is 0 Å². The predicted molar refractivity (Wildman–Crippen MR) is 80.9 cm³/mol. The number of ether oxygens (including phenoxy) is 1. The molecule has 2 rings (SSSR count). The third-order valence-corrected chi connectivity index (χ3v) is 4.26. The molecule has 0 bridgehead atoms. The molecule has 1 aromatic carbocycles. The zero-order valence-electron chi connectivity index (χ0n) is 12.6. The van der Waals surface area contributed by atoms with Crippen LogP contribution in [0.25, 0.3) is 0 Å². The van der Waals surface area contributed by atoms with Crippen LogP contribution in [0.1, 0.15) is 43.0 Å². The van der Waals surface area contributed by atoms with Gasteiger partial charge in [-0.3, -0.25) is 4.79 Å². The number of anilines is 1. The van der Waals surface area contributed by atoms with E-state index in [1.807, 2.05) is 11.9 Å². The minimum Gasteiger partial charge on any atom is -0.495 e. The molecule has 1 fully saturated rings. The summed E-state index contributed by atoms with van der Waals surface area (Å²) in [6.45, 7) is 2.26. The number of methoxy groups -OCH3 is 1. The van der Waals surface area contributed by atoms with Gasteiger partial charge in [0.1, 0.15) is 5.75 Å². The zero-order valence-corrected chi connectivity index (χ0v) is 12.6. The lowest BCUT2D eigenvalue weighted by molar-refractivity contribution is 0.0672. The normalized spacial score (nSPS) is 22.4. The number of nitrogen functional groups attached to an aromatic ring is 1. The fourth-order valence-electron chi connectivity index (χ4n) is 2.97. The number of hydrogen-bond donors (Lipinski definition) is 1. The van der Waals surface area contributed by atoms with E-state index in [4.69, 9.17) is 10.5 Å². The van der Waals surface area contributed by atoms with Crippen LogP contribution in [0, 0.1) is 5.92 Å². The molecular formula is C16H24N2O2. The summed E-state index contributed by atoms with van der Waals surface area (Å²) in [4.78, 5) is 14.4. The first kappa shape index (κ1) is 14.7. The van der Waals surface area contributed by atoms with Gasteiger partial charge in [-0.05, 0) is 37.0 Å². The number of rotatable bonds is 3. The summed E-state index contributed by atoms with van der Waals surface area (Å²) in [5, 5.41) is 0. The second-order valence-corrected chi connectivity index (χ2v) is 5.80. The number of nitrogens with two attached hydrogens (primary N) is 1. The molecule has 0 heterocycles. The number of nitrogens with zero attached hydrogens (tertiary/aromatic N) is 1. The largest absolute Gasteiger partial charge is 0.495 e. The van der Waals surface area contributed by atoms with Crippen molar-refractivity contribution in [2.75, 3.05) is 19.9 Å². The molecule has 2 atom stereocenters. The molecule has 0 radical (unpaired) electrons. The molecule has 0 aliphatic heterocycles. The van der Waals surface area contributed by atoms with E-state index < -0.39 is 0 Å². The van der Waals surface area contributed by atoms with Gasteiger partial charge in [0.25, 0.3) is 5.91 Å². The van der Waals surface area contributed by atoms with Crippen LogP contribution in [-0.4, -0.2) is 31.0 Å². The maximum absolute atomic E-state index is 12.6. The molecule has 2 unspecified atom stereocenters. The van der Waals surface area contributed by atoms with E-state index >= 15 is 0 Å². The van der Waals surface area contributed by atoms with Crippen molar-refractivity contribution in [3.05, 3.63) is 23.8 Å². The number of carbonyl (C=O) groups is 1. The maximum atomic E-state index is 12.6. The first-order valence-corrected chi connectivity index (χ1v) is 7.23. The summed E-state index contributed by atoms with van der Waals surface area (Å²) in [5.74, 6) is 1.30. The van der Waals surface area contributed by atoms with Crippen LogP contribution in [0.4, 0.5) is 5.69 Å². The predicted octanol–water partition coefficient (Wildman–Crippen LogP) is 2.93. The van der Waals surface area contributed by atoms with Gasteiger partial charge in [-0.25, -0.2) is 0 Å². The third-order valence-electron chi connectivity index (χ3n) is 4.26. The Morgan fingerprint density at radius 1 is 1.40 bits per heavy atom. The monoisotopic (exact) mass is 276 g/mol. The number of hydrogen-bond acceptors (Lipinski definition) is 3. The van der Waals surface area contributed by atoms with Crippen molar-refractivity contribution < 1.29 is 9.53 Å². The molecule has 1 aliphatic rings. The van der Waals surface area contributed by atoms with Crippen molar-refractivity contribution in [2.24, 2.45) is 5.92 Å². The minimum atomic E-state index is 0.0439. The highest BCUT2D eigenvalue weighted by atomic mass is 16.5.